The first-order chi connectivity index (χ1) is 19.3. The van der Waals surface area contributed by atoms with E-state index in [1.54, 1.807) is 13.0 Å². The molecule has 0 aromatic heterocycles. The molecule has 1 heterocycles. The maximum atomic E-state index is 12.6. The SMILES string of the molecule is CC1CCC(C)CC1.CC1CCC(C)CC1.CC1COC(C)OC1.Cc1ccc(C)c(F)c1.Cc1ccc(C)cc1. The number of halogens is 1. The molecule has 2 aromatic carbocycles. The Morgan fingerprint density at radius 3 is 1.07 bits per heavy atom. The minimum Gasteiger partial charge on any atom is -0.353 e. The fourth-order valence-electron chi connectivity index (χ4n) is 4.88. The van der Waals surface area contributed by atoms with Gasteiger partial charge >= 0.3 is 0 Å². The van der Waals surface area contributed by atoms with Crippen LogP contribution >= 0.6 is 0 Å². The van der Waals surface area contributed by atoms with Gasteiger partial charge in [0.2, 0.25) is 0 Å². The second-order valence-corrected chi connectivity index (χ2v) is 13.5. The number of rotatable bonds is 0. The van der Waals surface area contributed by atoms with Crippen LogP contribution in [0.15, 0.2) is 42.5 Å². The molecule has 0 unspecified atom stereocenters. The summed E-state index contributed by atoms with van der Waals surface area (Å²) in [5, 5.41) is 0. The van der Waals surface area contributed by atoms with E-state index in [4.69, 9.17) is 9.47 Å². The Balaban J connectivity index is 0.000000256. The van der Waals surface area contributed by atoms with Crippen LogP contribution in [0.3, 0.4) is 0 Å². The van der Waals surface area contributed by atoms with E-state index in [-0.39, 0.29) is 12.1 Å². The third-order valence-electron chi connectivity index (χ3n) is 8.39. The fraction of sp³-hybridized carbons (Fsp3) is 0.684. The van der Waals surface area contributed by atoms with Crippen molar-refractivity contribution in [3.63, 3.8) is 0 Å². The minimum atomic E-state index is -0.116. The van der Waals surface area contributed by atoms with Crippen molar-refractivity contribution in [3.05, 3.63) is 70.5 Å². The highest BCUT2D eigenvalue weighted by atomic mass is 19.1. The molecule has 5 rings (SSSR count). The molecule has 2 aromatic rings. The number of aryl methyl sites for hydroxylation is 4. The van der Waals surface area contributed by atoms with Gasteiger partial charge in [-0.15, -0.1) is 0 Å². The fourth-order valence-corrected chi connectivity index (χ4v) is 4.88. The third kappa shape index (κ3) is 19.2. The van der Waals surface area contributed by atoms with Crippen molar-refractivity contribution in [1.29, 1.82) is 0 Å². The van der Waals surface area contributed by atoms with E-state index in [1.165, 1.54) is 68.6 Å². The second-order valence-electron chi connectivity index (χ2n) is 13.5. The Morgan fingerprint density at radius 2 is 0.805 bits per heavy atom. The molecule has 0 bridgehead atoms. The molecule has 3 heteroatoms. The maximum Gasteiger partial charge on any atom is 0.154 e. The zero-order valence-electron chi connectivity index (χ0n) is 28.3. The summed E-state index contributed by atoms with van der Waals surface area (Å²) in [7, 11) is 0. The quantitative estimate of drug-likeness (QED) is 0.314. The van der Waals surface area contributed by atoms with E-state index in [1.807, 2.05) is 19.9 Å². The molecular weight excluding hydrogens is 507 g/mol. The predicted molar refractivity (Wildman–Crippen MR) is 176 cm³/mol. The predicted octanol–water partition coefficient (Wildman–Crippen LogP) is 11.4. The number of hydrogen-bond acceptors (Lipinski definition) is 2. The average Bonchev–Trinajstić information content (AvgIpc) is 2.94. The van der Waals surface area contributed by atoms with Gasteiger partial charge in [0.1, 0.15) is 5.82 Å². The van der Waals surface area contributed by atoms with Gasteiger partial charge in [-0.25, -0.2) is 4.39 Å². The minimum absolute atomic E-state index is 0.0196. The maximum absolute atomic E-state index is 12.6. The van der Waals surface area contributed by atoms with E-state index in [2.05, 4.69) is 72.7 Å². The van der Waals surface area contributed by atoms with E-state index in [0.29, 0.717) is 11.5 Å². The molecule has 3 fully saturated rings. The number of ether oxygens (including phenoxy) is 2. The highest BCUT2D eigenvalue weighted by Crippen LogP contribution is 2.28. The molecule has 0 amide bonds. The van der Waals surface area contributed by atoms with E-state index in [9.17, 15) is 4.39 Å². The molecule has 2 saturated carbocycles. The zero-order chi connectivity index (χ0) is 30.8. The van der Waals surface area contributed by atoms with Crippen molar-refractivity contribution in [1.82, 2.24) is 0 Å². The Hall–Kier alpha value is -1.71. The molecule has 2 aliphatic carbocycles. The van der Waals surface area contributed by atoms with Crippen molar-refractivity contribution in [2.75, 3.05) is 13.2 Å². The van der Waals surface area contributed by atoms with Gasteiger partial charge in [-0.3, -0.25) is 0 Å². The smallest absolute Gasteiger partial charge is 0.154 e. The topological polar surface area (TPSA) is 18.5 Å². The van der Waals surface area contributed by atoms with Crippen LogP contribution < -0.4 is 0 Å². The lowest BCUT2D eigenvalue weighted by atomic mass is 9.84. The lowest BCUT2D eigenvalue weighted by Crippen LogP contribution is -2.27. The largest absolute Gasteiger partial charge is 0.353 e. The summed E-state index contributed by atoms with van der Waals surface area (Å²) in [6, 6.07) is 13.7. The molecule has 0 atom stereocenters. The summed E-state index contributed by atoms with van der Waals surface area (Å²) < 4.78 is 22.9. The van der Waals surface area contributed by atoms with Gasteiger partial charge in [-0.1, -0.05) is 134 Å². The summed E-state index contributed by atoms with van der Waals surface area (Å²) >= 11 is 0. The first kappa shape index (κ1) is 37.3. The van der Waals surface area contributed by atoms with Gasteiger partial charge in [-0.05, 0) is 75.5 Å². The summed E-state index contributed by atoms with van der Waals surface area (Å²) in [5.41, 5.74) is 4.34. The highest BCUT2D eigenvalue weighted by molar-refractivity contribution is 5.21. The summed E-state index contributed by atoms with van der Waals surface area (Å²) in [6.07, 6.45) is 11.8. The first-order valence-electron chi connectivity index (χ1n) is 16.3. The molecule has 3 aliphatic rings. The van der Waals surface area contributed by atoms with Gasteiger partial charge in [0.05, 0.1) is 13.2 Å². The van der Waals surface area contributed by atoms with Crippen molar-refractivity contribution in [3.8, 4) is 0 Å². The molecular formula is C38H63FO2. The second kappa shape index (κ2) is 21.1. The van der Waals surface area contributed by atoms with Crippen LogP contribution in [0.4, 0.5) is 4.39 Å². The van der Waals surface area contributed by atoms with Gasteiger partial charge in [0, 0.05) is 5.92 Å². The summed E-state index contributed by atoms with van der Waals surface area (Å²) in [6.45, 7) is 23.0. The highest BCUT2D eigenvalue weighted by Gasteiger charge is 2.14. The summed E-state index contributed by atoms with van der Waals surface area (Å²) in [4.78, 5) is 0. The lowest BCUT2D eigenvalue weighted by Gasteiger charge is -2.24. The Labute approximate surface area is 253 Å². The van der Waals surface area contributed by atoms with Gasteiger partial charge in [-0.2, -0.15) is 0 Å². The van der Waals surface area contributed by atoms with Crippen molar-refractivity contribution < 1.29 is 13.9 Å². The van der Waals surface area contributed by atoms with E-state index in [0.717, 1.165) is 42.4 Å². The zero-order valence-corrected chi connectivity index (χ0v) is 28.3. The molecule has 2 nitrogen and oxygen atoms in total. The molecule has 234 valence electrons. The molecule has 0 radical (unpaired) electrons. The monoisotopic (exact) mass is 570 g/mol. The van der Waals surface area contributed by atoms with Gasteiger partial charge in [0.15, 0.2) is 6.29 Å². The Morgan fingerprint density at radius 1 is 0.488 bits per heavy atom. The number of hydrogen-bond donors (Lipinski definition) is 0. The van der Waals surface area contributed by atoms with E-state index >= 15 is 0 Å². The number of benzene rings is 2. The van der Waals surface area contributed by atoms with Crippen LogP contribution in [-0.4, -0.2) is 19.5 Å². The van der Waals surface area contributed by atoms with Crippen LogP contribution in [0.1, 0.15) is 115 Å². The van der Waals surface area contributed by atoms with Crippen LogP contribution in [-0.2, 0) is 9.47 Å². The van der Waals surface area contributed by atoms with Crippen LogP contribution in [0.5, 0.6) is 0 Å². The van der Waals surface area contributed by atoms with Crippen molar-refractivity contribution in [2.24, 2.45) is 29.6 Å². The average molecular weight is 571 g/mol. The Kier molecular flexibility index (Phi) is 19.2. The van der Waals surface area contributed by atoms with Crippen molar-refractivity contribution >= 4 is 0 Å². The molecule has 0 spiro atoms. The summed E-state index contributed by atoms with van der Waals surface area (Å²) in [5.74, 6) is 4.54. The lowest BCUT2D eigenvalue weighted by molar-refractivity contribution is -0.187. The van der Waals surface area contributed by atoms with Crippen LogP contribution in [0.25, 0.3) is 0 Å². The van der Waals surface area contributed by atoms with Crippen molar-refractivity contribution in [2.45, 2.75) is 127 Å². The molecule has 41 heavy (non-hydrogen) atoms. The molecule has 1 saturated heterocycles. The molecule has 0 N–H and O–H groups in total. The first-order valence-corrected chi connectivity index (χ1v) is 16.3. The third-order valence-corrected chi connectivity index (χ3v) is 8.39. The normalized spacial score (nSPS) is 27.2. The standard InChI is InChI=1S/C8H9F.2C8H16.C8H10.C6H12O2/c1-6-3-4-7(2)8(9)5-6;3*1-7-3-5-8(2)6-4-7;1-5-3-7-6(2)8-4-5/h3-5H,1-2H3;2*7-8H,3-6H2,1-2H3;3-6H,1-2H3;5-6H,3-4H2,1-2H3. The van der Waals surface area contributed by atoms with Gasteiger partial charge < -0.3 is 9.47 Å². The Bertz CT molecular complexity index is 802. The van der Waals surface area contributed by atoms with Crippen LogP contribution in [0, 0.1) is 63.1 Å². The van der Waals surface area contributed by atoms with Crippen LogP contribution in [0.2, 0.25) is 0 Å². The van der Waals surface area contributed by atoms with E-state index < -0.39 is 0 Å². The molecule has 1 aliphatic heterocycles. The van der Waals surface area contributed by atoms with Gasteiger partial charge in [0.25, 0.3) is 0 Å².